The van der Waals surface area contributed by atoms with Crippen LogP contribution in [0, 0.1) is 11.8 Å². The lowest BCUT2D eigenvalue weighted by Crippen LogP contribution is -2.32. The van der Waals surface area contributed by atoms with Crippen LogP contribution in [0.5, 0.6) is 0 Å². The maximum Gasteiger partial charge on any atom is 0.308 e. The van der Waals surface area contributed by atoms with Crippen LogP contribution < -0.4 is 5.32 Å². The fourth-order valence-corrected chi connectivity index (χ4v) is 1.53. The van der Waals surface area contributed by atoms with Crippen molar-refractivity contribution in [1.29, 1.82) is 0 Å². The fourth-order valence-electron chi connectivity index (χ4n) is 1.53. The van der Waals surface area contributed by atoms with Gasteiger partial charge in [0.15, 0.2) is 0 Å². The molecule has 0 aromatic heterocycles. The molecule has 0 aliphatic carbocycles. The first kappa shape index (κ1) is 16.9. The second-order valence-corrected chi connectivity index (χ2v) is 5.10. The Morgan fingerprint density at radius 3 is 2.33 bits per heavy atom. The lowest BCUT2D eigenvalue weighted by atomic mass is 10.1. The third kappa shape index (κ3) is 8.98. The minimum absolute atomic E-state index is 0.149. The molecule has 2 N–H and O–H groups in total. The molecule has 5 heteroatoms. The van der Waals surface area contributed by atoms with Gasteiger partial charge in [0.25, 0.3) is 0 Å². The van der Waals surface area contributed by atoms with Crippen molar-refractivity contribution in [1.82, 2.24) is 5.32 Å². The molecule has 0 aromatic rings. The van der Waals surface area contributed by atoms with Gasteiger partial charge in [0, 0.05) is 13.0 Å². The van der Waals surface area contributed by atoms with Gasteiger partial charge in [-0.05, 0) is 19.3 Å². The number of ether oxygens (including phenoxy) is 1. The lowest BCUT2D eigenvalue weighted by Gasteiger charge is -2.15. The van der Waals surface area contributed by atoms with Crippen LogP contribution in [0.4, 0.5) is 0 Å². The Morgan fingerprint density at radius 1 is 1.22 bits per heavy atom. The van der Waals surface area contributed by atoms with Gasteiger partial charge >= 0.3 is 5.97 Å². The van der Waals surface area contributed by atoms with E-state index in [4.69, 9.17) is 9.84 Å². The van der Waals surface area contributed by atoms with Crippen molar-refractivity contribution in [2.24, 2.45) is 11.8 Å². The summed E-state index contributed by atoms with van der Waals surface area (Å²) in [5.41, 5.74) is 0. The topological polar surface area (TPSA) is 75.6 Å². The molecule has 0 heterocycles. The number of carboxylic acid groups (broad SMARTS) is 1. The fraction of sp³-hybridized carbons (Fsp3) is 0.846. The van der Waals surface area contributed by atoms with E-state index < -0.39 is 11.9 Å². The number of aliphatic carboxylic acids is 1. The first-order valence-corrected chi connectivity index (χ1v) is 6.44. The predicted octanol–water partition coefficient (Wildman–Crippen LogP) is 1.66. The van der Waals surface area contributed by atoms with Gasteiger partial charge in [-0.25, -0.2) is 0 Å². The molecule has 0 rings (SSSR count). The molecule has 5 nitrogen and oxygen atoms in total. The van der Waals surface area contributed by atoms with Gasteiger partial charge in [-0.2, -0.15) is 0 Å². The minimum atomic E-state index is -0.905. The van der Waals surface area contributed by atoms with Crippen molar-refractivity contribution in [2.75, 3.05) is 13.2 Å². The molecule has 2 atom stereocenters. The molecule has 1 amide bonds. The van der Waals surface area contributed by atoms with Crippen LogP contribution in [0.1, 0.15) is 40.5 Å². The van der Waals surface area contributed by atoms with Gasteiger partial charge in [-0.3, -0.25) is 9.59 Å². The number of hydrogen-bond donors (Lipinski definition) is 2. The molecule has 0 aliphatic heterocycles. The smallest absolute Gasteiger partial charge is 0.308 e. The maximum absolute atomic E-state index is 11.4. The van der Waals surface area contributed by atoms with Gasteiger partial charge in [-0.1, -0.05) is 20.8 Å². The van der Waals surface area contributed by atoms with E-state index in [0.717, 1.165) is 6.42 Å². The number of carboxylic acids is 1. The zero-order valence-corrected chi connectivity index (χ0v) is 11.7. The number of rotatable bonds is 9. The number of carbonyl (C=O) groups excluding carboxylic acids is 1. The highest BCUT2D eigenvalue weighted by molar-refractivity contribution is 5.77. The van der Waals surface area contributed by atoms with Crippen LogP contribution in [-0.4, -0.2) is 36.2 Å². The quantitative estimate of drug-likeness (QED) is 0.660. The normalized spacial score (nSPS) is 14.3. The van der Waals surface area contributed by atoms with Gasteiger partial charge < -0.3 is 15.2 Å². The number of nitrogens with one attached hydrogen (secondary N) is 1. The summed E-state index contributed by atoms with van der Waals surface area (Å²) in [6.07, 6.45) is 1.39. The van der Waals surface area contributed by atoms with Crippen LogP contribution in [-0.2, 0) is 14.3 Å². The molecule has 2 unspecified atom stereocenters. The largest absolute Gasteiger partial charge is 0.481 e. The van der Waals surface area contributed by atoms with E-state index in [2.05, 4.69) is 19.2 Å². The Kier molecular flexibility index (Phi) is 8.37. The van der Waals surface area contributed by atoms with Crippen LogP contribution in [0.2, 0.25) is 0 Å². The van der Waals surface area contributed by atoms with E-state index >= 15 is 0 Å². The summed E-state index contributed by atoms with van der Waals surface area (Å²) >= 11 is 0. The monoisotopic (exact) mass is 259 g/mol. The van der Waals surface area contributed by atoms with Crippen LogP contribution >= 0.6 is 0 Å². The summed E-state index contributed by atoms with van der Waals surface area (Å²) in [5, 5.41) is 11.2. The predicted molar refractivity (Wildman–Crippen MR) is 69.3 cm³/mol. The Balaban J connectivity index is 3.62. The van der Waals surface area contributed by atoms with Crippen molar-refractivity contribution in [3.8, 4) is 0 Å². The summed E-state index contributed by atoms with van der Waals surface area (Å²) < 4.78 is 5.50. The molecule has 0 bridgehead atoms. The number of carbonyl (C=O) groups is 2. The second-order valence-electron chi connectivity index (χ2n) is 5.10. The van der Waals surface area contributed by atoms with E-state index in [1.165, 1.54) is 0 Å². The van der Waals surface area contributed by atoms with Crippen molar-refractivity contribution in [3.05, 3.63) is 0 Å². The average Bonchev–Trinajstić information content (AvgIpc) is 2.24. The zero-order valence-electron chi connectivity index (χ0n) is 11.7. The van der Waals surface area contributed by atoms with E-state index in [-0.39, 0.29) is 25.0 Å². The van der Waals surface area contributed by atoms with E-state index in [1.807, 2.05) is 6.92 Å². The zero-order chi connectivity index (χ0) is 14.1. The molecular weight excluding hydrogens is 234 g/mol. The van der Waals surface area contributed by atoms with E-state index in [0.29, 0.717) is 12.5 Å². The first-order chi connectivity index (χ1) is 8.32. The average molecular weight is 259 g/mol. The summed E-state index contributed by atoms with van der Waals surface area (Å²) in [6, 6.07) is 0. The van der Waals surface area contributed by atoms with Gasteiger partial charge in [0.05, 0.1) is 18.6 Å². The number of amides is 1. The highest BCUT2D eigenvalue weighted by Crippen LogP contribution is 2.07. The minimum Gasteiger partial charge on any atom is -0.481 e. The van der Waals surface area contributed by atoms with Crippen LogP contribution in [0.3, 0.4) is 0 Å². The van der Waals surface area contributed by atoms with Crippen LogP contribution in [0.25, 0.3) is 0 Å². The molecule has 0 saturated carbocycles. The number of hydrogen-bond acceptors (Lipinski definition) is 3. The molecule has 0 aliphatic rings. The highest BCUT2D eigenvalue weighted by atomic mass is 16.5. The SMILES string of the molecule is CC(C)CC(C)OCCC(=O)NCC(C)C(=O)O. The highest BCUT2D eigenvalue weighted by Gasteiger charge is 2.12. The Hall–Kier alpha value is -1.10. The Morgan fingerprint density at radius 2 is 1.83 bits per heavy atom. The standard InChI is InChI=1S/C13H25NO4/c1-9(2)7-11(4)18-6-5-12(15)14-8-10(3)13(16)17/h9-11H,5-8H2,1-4H3,(H,14,15)(H,16,17). The molecule has 0 aromatic carbocycles. The van der Waals surface area contributed by atoms with Crippen molar-refractivity contribution in [3.63, 3.8) is 0 Å². The molecule has 106 valence electrons. The Bertz CT molecular complexity index is 266. The molecule has 0 spiro atoms. The van der Waals surface area contributed by atoms with Crippen molar-refractivity contribution < 1.29 is 19.4 Å². The van der Waals surface area contributed by atoms with Crippen molar-refractivity contribution >= 4 is 11.9 Å². The molecule has 0 fully saturated rings. The maximum atomic E-state index is 11.4. The van der Waals surface area contributed by atoms with Crippen LogP contribution in [0.15, 0.2) is 0 Å². The summed E-state index contributed by atoms with van der Waals surface area (Å²) in [4.78, 5) is 21.9. The van der Waals surface area contributed by atoms with Gasteiger partial charge in [0.1, 0.15) is 0 Å². The van der Waals surface area contributed by atoms with Gasteiger partial charge in [0.2, 0.25) is 5.91 Å². The van der Waals surface area contributed by atoms with E-state index in [1.54, 1.807) is 6.92 Å². The summed E-state index contributed by atoms with van der Waals surface area (Å²) in [6.45, 7) is 8.34. The summed E-state index contributed by atoms with van der Waals surface area (Å²) in [5.74, 6) is -1.06. The third-order valence-corrected chi connectivity index (χ3v) is 2.56. The lowest BCUT2D eigenvalue weighted by molar-refractivity contribution is -0.141. The third-order valence-electron chi connectivity index (χ3n) is 2.56. The molecular formula is C13H25NO4. The second kappa shape index (κ2) is 8.91. The summed E-state index contributed by atoms with van der Waals surface area (Å²) in [7, 11) is 0. The van der Waals surface area contributed by atoms with Gasteiger partial charge in [-0.15, -0.1) is 0 Å². The Labute approximate surface area is 109 Å². The van der Waals surface area contributed by atoms with Crippen molar-refractivity contribution in [2.45, 2.75) is 46.6 Å². The molecule has 0 saturated heterocycles. The van der Waals surface area contributed by atoms with E-state index in [9.17, 15) is 9.59 Å². The molecule has 18 heavy (non-hydrogen) atoms. The molecule has 0 radical (unpaired) electrons. The first-order valence-electron chi connectivity index (χ1n) is 6.44.